The maximum atomic E-state index is 10.3. The minimum atomic E-state index is -0.0268. The van der Waals surface area contributed by atoms with Crippen LogP contribution in [-0.4, -0.2) is 11.2 Å². The lowest BCUT2D eigenvalue weighted by molar-refractivity contribution is -0.0381. The van der Waals surface area contributed by atoms with Gasteiger partial charge in [-0.3, -0.25) is 0 Å². The number of rotatable bonds is 5. The Hall–Kier alpha value is -0.300. The highest BCUT2D eigenvalue weighted by molar-refractivity contribution is 5.34. The highest BCUT2D eigenvalue weighted by atomic mass is 16.3. The summed E-state index contributed by atoms with van der Waals surface area (Å²) in [4.78, 5) is 0. The number of fused-ring (bicyclic) bond motifs is 4. The summed E-state index contributed by atoms with van der Waals surface area (Å²) < 4.78 is 0. The first-order valence-electron chi connectivity index (χ1n) is 13.1. The van der Waals surface area contributed by atoms with Crippen LogP contribution in [0.2, 0.25) is 0 Å². The van der Waals surface area contributed by atoms with Crippen molar-refractivity contribution in [2.24, 2.45) is 46.3 Å². The number of aliphatic hydroxyl groups excluding tert-OH is 1. The highest BCUT2D eigenvalue weighted by Crippen LogP contribution is 2.65. The van der Waals surface area contributed by atoms with Crippen molar-refractivity contribution in [1.82, 2.24) is 0 Å². The van der Waals surface area contributed by atoms with Crippen LogP contribution < -0.4 is 0 Å². The maximum Gasteiger partial charge on any atom is 0.0543 e. The third kappa shape index (κ3) is 3.66. The van der Waals surface area contributed by atoms with E-state index in [4.69, 9.17) is 0 Å². The average molecular weight is 401 g/mol. The molecule has 0 aromatic carbocycles. The molecule has 3 fully saturated rings. The highest BCUT2D eigenvalue weighted by Gasteiger charge is 2.55. The molecule has 0 aromatic rings. The van der Waals surface area contributed by atoms with E-state index in [1.54, 1.807) is 0 Å². The lowest BCUT2D eigenvalue weighted by Gasteiger charge is -2.56. The van der Waals surface area contributed by atoms with Gasteiger partial charge in [-0.2, -0.15) is 0 Å². The molecule has 4 aliphatic carbocycles. The van der Waals surface area contributed by atoms with Crippen LogP contribution in [0.5, 0.6) is 0 Å². The topological polar surface area (TPSA) is 20.2 Å². The Balaban J connectivity index is 1.53. The molecule has 4 rings (SSSR count). The van der Waals surface area contributed by atoms with E-state index < -0.39 is 0 Å². The van der Waals surface area contributed by atoms with Gasteiger partial charge in [0.25, 0.3) is 0 Å². The zero-order chi connectivity index (χ0) is 21.0. The molecule has 29 heavy (non-hydrogen) atoms. The van der Waals surface area contributed by atoms with Crippen LogP contribution in [0.1, 0.15) is 112 Å². The van der Waals surface area contributed by atoms with Crippen molar-refractivity contribution in [1.29, 1.82) is 0 Å². The van der Waals surface area contributed by atoms with E-state index in [-0.39, 0.29) is 6.10 Å². The summed E-state index contributed by atoms with van der Waals surface area (Å²) in [5.74, 6) is 5.04. The van der Waals surface area contributed by atoms with Crippen molar-refractivity contribution in [3.05, 3.63) is 11.1 Å². The molecule has 1 nitrogen and oxygen atoms in total. The van der Waals surface area contributed by atoms with Crippen LogP contribution in [0, 0.1) is 46.3 Å². The van der Waals surface area contributed by atoms with E-state index in [0.717, 1.165) is 48.3 Å². The van der Waals surface area contributed by atoms with E-state index in [1.807, 2.05) is 11.1 Å². The normalized spacial score (nSPS) is 44.3. The van der Waals surface area contributed by atoms with Crippen LogP contribution in [0.3, 0.4) is 0 Å². The number of hydrogen-bond acceptors (Lipinski definition) is 1. The predicted molar refractivity (Wildman–Crippen MR) is 124 cm³/mol. The second kappa shape index (κ2) is 7.99. The fraction of sp³-hybridized carbons (Fsp3) is 0.929. The van der Waals surface area contributed by atoms with Gasteiger partial charge in [0.05, 0.1) is 6.10 Å². The molecule has 1 N–H and O–H groups in total. The number of hydrogen-bond donors (Lipinski definition) is 1. The zero-order valence-electron chi connectivity index (χ0n) is 20.3. The van der Waals surface area contributed by atoms with Gasteiger partial charge < -0.3 is 5.11 Å². The monoisotopic (exact) mass is 400 g/mol. The number of aliphatic hydroxyl groups is 1. The number of allylic oxidation sites excluding steroid dienone is 2. The van der Waals surface area contributed by atoms with Gasteiger partial charge in [-0.1, -0.05) is 65.5 Å². The summed E-state index contributed by atoms with van der Waals surface area (Å²) in [6, 6.07) is 0. The van der Waals surface area contributed by atoms with Crippen LogP contribution in [0.4, 0.5) is 0 Å². The van der Waals surface area contributed by atoms with Crippen molar-refractivity contribution in [3.63, 3.8) is 0 Å². The zero-order valence-corrected chi connectivity index (χ0v) is 20.3. The molecular weight excluding hydrogens is 352 g/mol. The molecule has 0 heterocycles. The largest absolute Gasteiger partial charge is 0.393 e. The summed E-state index contributed by atoms with van der Waals surface area (Å²) in [6.45, 7) is 15.0. The van der Waals surface area contributed by atoms with Gasteiger partial charge in [0.1, 0.15) is 0 Å². The molecule has 166 valence electrons. The van der Waals surface area contributed by atoms with Crippen molar-refractivity contribution in [2.75, 3.05) is 0 Å². The van der Waals surface area contributed by atoms with Gasteiger partial charge in [-0.25, -0.2) is 0 Å². The Morgan fingerprint density at radius 1 is 0.931 bits per heavy atom. The minimum absolute atomic E-state index is 0.0268. The minimum Gasteiger partial charge on any atom is -0.393 e. The molecule has 0 bridgehead atoms. The van der Waals surface area contributed by atoms with E-state index in [0.29, 0.717) is 10.8 Å². The molecule has 1 heteroatoms. The first-order chi connectivity index (χ1) is 13.7. The van der Waals surface area contributed by atoms with Crippen LogP contribution in [0.15, 0.2) is 11.1 Å². The Labute approximate surface area is 181 Å². The van der Waals surface area contributed by atoms with Crippen molar-refractivity contribution < 1.29 is 5.11 Å². The molecule has 0 unspecified atom stereocenters. The molecule has 0 spiro atoms. The molecule has 0 amide bonds. The Kier molecular flexibility index (Phi) is 6.04. The van der Waals surface area contributed by atoms with Crippen LogP contribution in [0.25, 0.3) is 0 Å². The molecule has 3 saturated carbocycles. The van der Waals surface area contributed by atoms with Gasteiger partial charge in [-0.15, -0.1) is 0 Å². The fourth-order valence-electron chi connectivity index (χ4n) is 8.48. The van der Waals surface area contributed by atoms with Crippen molar-refractivity contribution in [3.8, 4) is 0 Å². The first kappa shape index (κ1) is 21.9. The van der Waals surface area contributed by atoms with Crippen LogP contribution in [-0.2, 0) is 0 Å². The predicted octanol–water partition coefficient (Wildman–Crippen LogP) is 7.78. The lowest BCUT2D eigenvalue weighted by Crippen LogP contribution is -2.48. The van der Waals surface area contributed by atoms with Gasteiger partial charge >= 0.3 is 0 Å². The smallest absolute Gasteiger partial charge is 0.0543 e. The summed E-state index contributed by atoms with van der Waals surface area (Å²) in [7, 11) is 0. The molecule has 0 saturated heterocycles. The summed E-state index contributed by atoms with van der Waals surface area (Å²) in [5.41, 5.74) is 4.80. The third-order valence-corrected chi connectivity index (χ3v) is 10.9. The van der Waals surface area contributed by atoms with Gasteiger partial charge in [0.15, 0.2) is 0 Å². The standard InChI is InChI=1S/C28H48O/c1-18(2)19(3)7-8-20(4)24-11-12-25-23-10-9-21-17-22(29)13-15-27(21,5)26(23)14-16-28(24,25)6/h18-22,24,26,29H,7-17H2,1-6H3/t19-,20+,21-,22+,24-,26-,27-,28-/m0/s1. The summed E-state index contributed by atoms with van der Waals surface area (Å²) >= 11 is 0. The second-order valence-corrected chi connectivity index (χ2v) is 12.6. The summed E-state index contributed by atoms with van der Waals surface area (Å²) in [5, 5.41) is 10.3. The second-order valence-electron chi connectivity index (χ2n) is 12.6. The fourth-order valence-corrected chi connectivity index (χ4v) is 8.48. The quantitative estimate of drug-likeness (QED) is 0.467. The third-order valence-electron chi connectivity index (χ3n) is 10.9. The molecule has 0 radical (unpaired) electrons. The Morgan fingerprint density at radius 2 is 1.69 bits per heavy atom. The van der Waals surface area contributed by atoms with Gasteiger partial charge in [0.2, 0.25) is 0 Å². The molecule has 0 aliphatic heterocycles. The van der Waals surface area contributed by atoms with E-state index in [9.17, 15) is 5.11 Å². The molecular formula is C28H48O. The van der Waals surface area contributed by atoms with E-state index in [2.05, 4.69) is 41.5 Å². The lowest BCUT2D eigenvalue weighted by atomic mass is 9.49. The maximum absolute atomic E-state index is 10.3. The first-order valence-corrected chi connectivity index (χ1v) is 13.1. The Bertz CT molecular complexity index is 632. The SMILES string of the molecule is CC(C)[C@@H](C)CC[C@@H](C)[C@@H]1CCC2=C3CC[C@H]4C[C@H](O)CC[C@]4(C)[C@H]3CC[C@]21C. The molecule has 4 aliphatic rings. The summed E-state index contributed by atoms with van der Waals surface area (Å²) in [6.07, 6.45) is 14.5. The van der Waals surface area contributed by atoms with Crippen molar-refractivity contribution in [2.45, 2.75) is 118 Å². The van der Waals surface area contributed by atoms with Crippen LogP contribution >= 0.6 is 0 Å². The molecule has 8 atom stereocenters. The van der Waals surface area contributed by atoms with E-state index >= 15 is 0 Å². The molecule has 0 aromatic heterocycles. The van der Waals surface area contributed by atoms with Gasteiger partial charge in [-0.05, 0) is 104 Å². The Morgan fingerprint density at radius 3 is 2.41 bits per heavy atom. The average Bonchev–Trinajstić information content (AvgIpc) is 3.03. The van der Waals surface area contributed by atoms with Gasteiger partial charge in [0, 0.05) is 0 Å². The van der Waals surface area contributed by atoms with Crippen molar-refractivity contribution >= 4 is 0 Å². The van der Waals surface area contributed by atoms with E-state index in [1.165, 1.54) is 57.8 Å².